The number of hydrogen-bond acceptors (Lipinski definition) is 7. The van der Waals surface area contributed by atoms with Crippen LogP contribution in [-0.4, -0.2) is 35.9 Å². The summed E-state index contributed by atoms with van der Waals surface area (Å²) in [5, 5.41) is 8.73. The fraction of sp³-hybridized carbons (Fsp3) is 0.130. The highest BCUT2D eigenvalue weighted by molar-refractivity contribution is 5.86. The summed E-state index contributed by atoms with van der Waals surface area (Å²) in [6.45, 7) is 0. The standard InChI is InChI=1S/C23H20N4O4/c1-28-19-11-15(12-20(29-2)22(19)30-3)25-21-8-9-27-23(26-21)16(13-24-27)18-10-14-6-4-5-7-17(14)31-18/h4-13H,1-3H3,(H,25,26). The van der Waals surface area contributed by atoms with E-state index in [-0.39, 0.29) is 0 Å². The number of nitrogens with one attached hydrogen (secondary N) is 1. The van der Waals surface area contributed by atoms with E-state index >= 15 is 0 Å². The van der Waals surface area contributed by atoms with Gasteiger partial charge in [-0.05, 0) is 18.2 Å². The summed E-state index contributed by atoms with van der Waals surface area (Å²) in [6.07, 6.45) is 3.60. The van der Waals surface area contributed by atoms with Crippen molar-refractivity contribution in [3.05, 3.63) is 60.9 Å². The van der Waals surface area contributed by atoms with Crippen LogP contribution < -0.4 is 19.5 Å². The van der Waals surface area contributed by atoms with Gasteiger partial charge in [0.15, 0.2) is 17.1 Å². The van der Waals surface area contributed by atoms with Crippen molar-refractivity contribution in [2.75, 3.05) is 26.6 Å². The first-order valence-corrected chi connectivity index (χ1v) is 9.60. The lowest BCUT2D eigenvalue weighted by Crippen LogP contribution is -2.00. The number of aromatic nitrogens is 3. The van der Waals surface area contributed by atoms with Crippen LogP contribution in [0.1, 0.15) is 0 Å². The van der Waals surface area contributed by atoms with Crippen LogP contribution in [0.3, 0.4) is 0 Å². The minimum atomic E-state index is 0.530. The van der Waals surface area contributed by atoms with E-state index < -0.39 is 0 Å². The lowest BCUT2D eigenvalue weighted by Gasteiger charge is -2.15. The van der Waals surface area contributed by atoms with Gasteiger partial charge >= 0.3 is 0 Å². The van der Waals surface area contributed by atoms with Gasteiger partial charge in [-0.1, -0.05) is 18.2 Å². The molecule has 3 heterocycles. The van der Waals surface area contributed by atoms with E-state index in [1.54, 1.807) is 32.0 Å². The molecular formula is C23H20N4O4. The molecule has 0 bridgehead atoms. The second kappa shape index (κ2) is 7.56. The van der Waals surface area contributed by atoms with Gasteiger partial charge in [0.25, 0.3) is 0 Å². The second-order valence-corrected chi connectivity index (χ2v) is 6.83. The number of benzene rings is 2. The Bertz CT molecular complexity index is 1330. The maximum Gasteiger partial charge on any atom is 0.203 e. The van der Waals surface area contributed by atoms with Gasteiger partial charge in [-0.15, -0.1) is 0 Å². The van der Waals surface area contributed by atoms with Gasteiger partial charge in [0, 0.05) is 29.4 Å². The van der Waals surface area contributed by atoms with Crippen LogP contribution in [0.15, 0.2) is 65.3 Å². The molecule has 8 heteroatoms. The van der Waals surface area contributed by atoms with E-state index in [2.05, 4.69) is 10.4 Å². The van der Waals surface area contributed by atoms with Crippen molar-refractivity contribution in [1.29, 1.82) is 0 Å². The normalized spacial score (nSPS) is 11.1. The molecule has 5 rings (SSSR count). The van der Waals surface area contributed by atoms with Crippen molar-refractivity contribution in [3.8, 4) is 28.6 Å². The number of para-hydroxylation sites is 1. The molecular weight excluding hydrogens is 396 g/mol. The molecule has 0 unspecified atom stereocenters. The zero-order valence-electron chi connectivity index (χ0n) is 17.2. The molecule has 5 aromatic rings. The van der Waals surface area contributed by atoms with Crippen LogP contribution in [0.25, 0.3) is 27.9 Å². The van der Waals surface area contributed by atoms with Gasteiger partial charge in [-0.25, -0.2) is 9.50 Å². The summed E-state index contributed by atoms with van der Waals surface area (Å²) in [6, 6.07) is 15.4. The summed E-state index contributed by atoms with van der Waals surface area (Å²) in [4.78, 5) is 4.75. The molecule has 0 saturated carbocycles. The first-order chi connectivity index (χ1) is 15.2. The average Bonchev–Trinajstić information content (AvgIpc) is 3.41. The van der Waals surface area contributed by atoms with E-state index in [0.717, 1.165) is 22.2 Å². The summed E-state index contributed by atoms with van der Waals surface area (Å²) >= 11 is 0. The van der Waals surface area contributed by atoms with Crippen molar-refractivity contribution in [1.82, 2.24) is 14.6 Å². The number of nitrogens with zero attached hydrogens (tertiary/aromatic N) is 3. The highest BCUT2D eigenvalue weighted by atomic mass is 16.5. The molecule has 3 aromatic heterocycles. The molecule has 0 aliphatic carbocycles. The fourth-order valence-electron chi connectivity index (χ4n) is 3.53. The number of rotatable bonds is 6. The minimum absolute atomic E-state index is 0.530. The van der Waals surface area contributed by atoms with Gasteiger partial charge < -0.3 is 23.9 Å². The number of ether oxygens (including phenoxy) is 3. The first-order valence-electron chi connectivity index (χ1n) is 9.60. The Morgan fingerprint density at radius 1 is 0.935 bits per heavy atom. The molecule has 1 N–H and O–H groups in total. The van der Waals surface area contributed by atoms with Gasteiger partial charge in [0.05, 0.1) is 33.1 Å². The monoisotopic (exact) mass is 416 g/mol. The minimum Gasteiger partial charge on any atom is -0.493 e. The number of anilines is 2. The van der Waals surface area contributed by atoms with E-state index in [9.17, 15) is 0 Å². The van der Waals surface area contributed by atoms with Crippen molar-refractivity contribution in [2.45, 2.75) is 0 Å². The van der Waals surface area contributed by atoms with Crippen LogP contribution >= 0.6 is 0 Å². The van der Waals surface area contributed by atoms with Crippen molar-refractivity contribution in [3.63, 3.8) is 0 Å². The van der Waals surface area contributed by atoms with Gasteiger partial charge in [-0.3, -0.25) is 0 Å². The fourth-order valence-corrected chi connectivity index (χ4v) is 3.53. The Labute approximate surface area is 178 Å². The third-order valence-corrected chi connectivity index (χ3v) is 5.00. The molecule has 0 atom stereocenters. The Kier molecular flexibility index (Phi) is 4.59. The van der Waals surface area contributed by atoms with E-state index in [0.29, 0.717) is 34.5 Å². The average molecular weight is 416 g/mol. The van der Waals surface area contributed by atoms with Crippen molar-refractivity contribution in [2.24, 2.45) is 0 Å². The predicted molar refractivity (Wildman–Crippen MR) is 118 cm³/mol. The van der Waals surface area contributed by atoms with E-state index in [1.807, 2.05) is 54.7 Å². The quantitative estimate of drug-likeness (QED) is 0.421. The van der Waals surface area contributed by atoms with Crippen LogP contribution in [0.4, 0.5) is 11.5 Å². The van der Waals surface area contributed by atoms with Crippen LogP contribution in [0.2, 0.25) is 0 Å². The number of methoxy groups -OCH3 is 3. The van der Waals surface area contributed by atoms with Gasteiger partial charge in [-0.2, -0.15) is 5.10 Å². The number of fused-ring (bicyclic) bond motifs is 2. The van der Waals surface area contributed by atoms with Crippen molar-refractivity contribution >= 4 is 28.1 Å². The molecule has 0 aliphatic rings. The van der Waals surface area contributed by atoms with Crippen LogP contribution in [-0.2, 0) is 0 Å². The lowest BCUT2D eigenvalue weighted by molar-refractivity contribution is 0.324. The third kappa shape index (κ3) is 3.28. The summed E-state index contributed by atoms with van der Waals surface area (Å²) in [5.74, 6) is 2.99. The van der Waals surface area contributed by atoms with Gasteiger partial charge in [0.1, 0.15) is 17.2 Å². The third-order valence-electron chi connectivity index (χ3n) is 5.00. The SMILES string of the molecule is COc1cc(Nc2ccn3ncc(-c4cc5ccccc5o4)c3n2)cc(OC)c1OC. The topological polar surface area (TPSA) is 83.1 Å². The maximum absolute atomic E-state index is 6.00. The molecule has 0 fully saturated rings. The summed E-state index contributed by atoms with van der Waals surface area (Å²) < 4.78 is 24.0. The Morgan fingerprint density at radius 2 is 1.71 bits per heavy atom. The zero-order valence-corrected chi connectivity index (χ0v) is 17.2. The van der Waals surface area contributed by atoms with Gasteiger partial charge in [0.2, 0.25) is 5.75 Å². The zero-order chi connectivity index (χ0) is 21.4. The van der Waals surface area contributed by atoms with Crippen LogP contribution in [0, 0.1) is 0 Å². The molecule has 31 heavy (non-hydrogen) atoms. The maximum atomic E-state index is 6.00. The predicted octanol–water partition coefficient (Wildman–Crippen LogP) is 4.91. The largest absolute Gasteiger partial charge is 0.493 e. The molecule has 0 spiro atoms. The molecule has 156 valence electrons. The van der Waals surface area contributed by atoms with Crippen molar-refractivity contribution < 1.29 is 18.6 Å². The first kappa shape index (κ1) is 18.8. The highest BCUT2D eigenvalue weighted by Crippen LogP contribution is 2.40. The molecule has 2 aromatic carbocycles. The summed E-state index contributed by atoms with van der Waals surface area (Å²) in [5.41, 5.74) is 3.06. The smallest absolute Gasteiger partial charge is 0.203 e. The molecule has 8 nitrogen and oxygen atoms in total. The molecule has 0 aliphatic heterocycles. The molecule has 0 saturated heterocycles. The Balaban J connectivity index is 1.54. The van der Waals surface area contributed by atoms with E-state index in [4.69, 9.17) is 23.6 Å². The Morgan fingerprint density at radius 3 is 2.42 bits per heavy atom. The lowest BCUT2D eigenvalue weighted by atomic mass is 10.2. The summed E-state index contributed by atoms with van der Waals surface area (Å²) in [7, 11) is 4.73. The van der Waals surface area contributed by atoms with Crippen LogP contribution in [0.5, 0.6) is 17.2 Å². The van der Waals surface area contributed by atoms with E-state index in [1.165, 1.54) is 0 Å². The second-order valence-electron chi connectivity index (χ2n) is 6.83. The molecule has 0 radical (unpaired) electrons. The molecule has 0 amide bonds. The number of furan rings is 1. The Hall–Kier alpha value is -4.20. The highest BCUT2D eigenvalue weighted by Gasteiger charge is 2.16. The number of hydrogen-bond donors (Lipinski definition) is 1.